The minimum absolute atomic E-state index is 0.971. The predicted molar refractivity (Wildman–Crippen MR) is 152 cm³/mol. The average molecular weight is 465 g/mol. The Hall–Kier alpha value is -3.79. The van der Waals surface area contributed by atoms with E-state index in [1.165, 1.54) is 16.9 Å². The van der Waals surface area contributed by atoms with E-state index < -0.39 is 0 Å². The smallest absolute Gasteiger partial charge is 0.101 e. The molecule has 4 heteroatoms. The molecular formula is C31H36N4. The number of hydrogen-bond donors (Lipinski definition) is 1. The number of aromatic amines is 1. The molecule has 3 aromatic carbocycles. The molecule has 1 N–H and O–H groups in total. The first-order chi connectivity index (χ1) is 17.2. The van der Waals surface area contributed by atoms with Crippen molar-refractivity contribution in [1.29, 1.82) is 0 Å². The fourth-order valence-electron chi connectivity index (χ4n) is 4.57. The number of nitrogens with one attached hydrogen (secondary N) is 1. The highest BCUT2D eigenvalue weighted by Crippen LogP contribution is 2.35. The summed E-state index contributed by atoms with van der Waals surface area (Å²) in [5.41, 5.74) is 9.03. The van der Waals surface area contributed by atoms with Gasteiger partial charge in [-0.2, -0.15) is 5.10 Å². The van der Waals surface area contributed by atoms with Crippen LogP contribution in [0.1, 0.15) is 39.0 Å². The second-order valence-electron chi connectivity index (χ2n) is 8.54. The molecule has 0 saturated heterocycles. The van der Waals surface area contributed by atoms with Crippen molar-refractivity contribution >= 4 is 23.5 Å². The molecule has 0 amide bonds. The van der Waals surface area contributed by atoms with Gasteiger partial charge in [0.15, 0.2) is 0 Å². The Morgan fingerprint density at radius 2 is 1.17 bits per heavy atom. The predicted octanol–water partition coefficient (Wildman–Crippen LogP) is 7.61. The molecule has 0 fully saturated rings. The number of anilines is 2. The third-order valence-electron chi connectivity index (χ3n) is 6.59. The lowest BCUT2D eigenvalue weighted by Gasteiger charge is -2.21. The van der Waals surface area contributed by atoms with Crippen molar-refractivity contribution in [2.75, 3.05) is 36.0 Å². The van der Waals surface area contributed by atoms with E-state index in [-0.39, 0.29) is 0 Å². The molecular weight excluding hydrogens is 428 g/mol. The summed E-state index contributed by atoms with van der Waals surface area (Å²) in [5, 5.41) is 8.05. The van der Waals surface area contributed by atoms with Crippen LogP contribution in [0.15, 0.2) is 78.9 Å². The van der Waals surface area contributed by atoms with Crippen molar-refractivity contribution in [1.82, 2.24) is 10.2 Å². The first-order valence-corrected chi connectivity index (χ1v) is 12.7. The van der Waals surface area contributed by atoms with Gasteiger partial charge in [-0.15, -0.1) is 0 Å². The van der Waals surface area contributed by atoms with Gasteiger partial charge in [-0.25, -0.2) is 0 Å². The first kappa shape index (κ1) is 24.3. The van der Waals surface area contributed by atoms with E-state index in [1.54, 1.807) is 0 Å². The zero-order valence-electron chi connectivity index (χ0n) is 21.3. The molecule has 0 unspecified atom stereocenters. The second-order valence-corrected chi connectivity index (χ2v) is 8.54. The number of benzene rings is 3. The molecule has 0 aliphatic rings. The van der Waals surface area contributed by atoms with Crippen LogP contribution in [0, 0.1) is 0 Å². The summed E-state index contributed by atoms with van der Waals surface area (Å²) in [6, 6.07) is 28.0. The van der Waals surface area contributed by atoms with Crippen molar-refractivity contribution < 1.29 is 0 Å². The van der Waals surface area contributed by atoms with Crippen LogP contribution >= 0.6 is 0 Å². The Balaban J connectivity index is 1.67. The van der Waals surface area contributed by atoms with Crippen LogP contribution in [-0.2, 0) is 0 Å². The van der Waals surface area contributed by atoms with Gasteiger partial charge in [0, 0.05) is 48.7 Å². The summed E-state index contributed by atoms with van der Waals surface area (Å²) in [6.07, 6.45) is 4.29. The Labute approximate surface area is 209 Å². The maximum absolute atomic E-state index is 4.75. The standard InChI is InChI=1S/C31H36N4/c1-5-34(6-2)27-19-14-24(15-20-27)16-23-29-30(25-12-10-9-11-13-25)31(33-32-29)26-17-21-28(22-18-26)35(7-3)8-4/h9-23H,5-8H2,1-4H3,(H,32,33). The topological polar surface area (TPSA) is 35.2 Å². The fourth-order valence-corrected chi connectivity index (χ4v) is 4.57. The zero-order valence-corrected chi connectivity index (χ0v) is 21.3. The van der Waals surface area contributed by atoms with Crippen LogP contribution in [0.25, 0.3) is 34.5 Å². The second kappa shape index (κ2) is 11.6. The SMILES string of the molecule is CCN(CC)c1ccc(C=Cc2[nH]nc(-c3ccc(N(CC)CC)cc3)c2-c2ccccc2)cc1. The van der Waals surface area contributed by atoms with Crippen LogP contribution in [0.4, 0.5) is 11.4 Å². The first-order valence-electron chi connectivity index (χ1n) is 12.7. The molecule has 4 aromatic rings. The summed E-state index contributed by atoms with van der Waals surface area (Å²) in [7, 11) is 0. The van der Waals surface area contributed by atoms with Crippen molar-refractivity contribution in [2.45, 2.75) is 27.7 Å². The minimum Gasteiger partial charge on any atom is -0.372 e. The Bertz CT molecular complexity index is 1210. The zero-order chi connectivity index (χ0) is 24.6. The molecule has 0 bridgehead atoms. The Morgan fingerprint density at radius 1 is 0.629 bits per heavy atom. The number of rotatable bonds is 10. The molecule has 0 aliphatic carbocycles. The molecule has 0 spiro atoms. The molecule has 0 aliphatic heterocycles. The summed E-state index contributed by atoms with van der Waals surface area (Å²) in [5.74, 6) is 0. The number of H-pyrrole nitrogens is 1. The van der Waals surface area contributed by atoms with Crippen LogP contribution < -0.4 is 9.80 Å². The van der Waals surface area contributed by atoms with E-state index in [0.717, 1.165) is 54.3 Å². The Morgan fingerprint density at radius 3 is 1.71 bits per heavy atom. The molecule has 0 saturated carbocycles. The molecule has 0 atom stereocenters. The monoisotopic (exact) mass is 464 g/mol. The summed E-state index contributed by atoms with van der Waals surface area (Å²) in [4.78, 5) is 4.71. The largest absolute Gasteiger partial charge is 0.372 e. The summed E-state index contributed by atoms with van der Waals surface area (Å²) in [6.45, 7) is 12.8. The molecule has 0 radical (unpaired) electrons. The third kappa shape index (κ3) is 5.48. The fraction of sp³-hybridized carbons (Fsp3) is 0.258. The van der Waals surface area contributed by atoms with Gasteiger partial charge in [0.1, 0.15) is 5.69 Å². The van der Waals surface area contributed by atoms with Crippen molar-refractivity contribution in [3.63, 3.8) is 0 Å². The van der Waals surface area contributed by atoms with E-state index >= 15 is 0 Å². The highest BCUT2D eigenvalue weighted by atomic mass is 15.1. The lowest BCUT2D eigenvalue weighted by molar-refractivity contribution is 0.866. The molecule has 4 nitrogen and oxygen atoms in total. The normalized spacial score (nSPS) is 11.2. The summed E-state index contributed by atoms with van der Waals surface area (Å²) >= 11 is 0. The van der Waals surface area contributed by atoms with E-state index in [1.807, 2.05) is 0 Å². The van der Waals surface area contributed by atoms with Crippen LogP contribution in [0.2, 0.25) is 0 Å². The number of hydrogen-bond acceptors (Lipinski definition) is 3. The number of aromatic nitrogens is 2. The molecule has 1 aromatic heterocycles. The molecule has 4 rings (SSSR count). The molecule has 180 valence electrons. The van der Waals surface area contributed by atoms with Crippen LogP contribution in [-0.4, -0.2) is 36.4 Å². The molecule has 35 heavy (non-hydrogen) atoms. The lowest BCUT2D eigenvalue weighted by Crippen LogP contribution is -2.21. The molecule has 1 heterocycles. The van der Waals surface area contributed by atoms with E-state index in [2.05, 4.69) is 134 Å². The quantitative estimate of drug-likeness (QED) is 0.262. The van der Waals surface area contributed by atoms with E-state index in [0.29, 0.717) is 0 Å². The van der Waals surface area contributed by atoms with Crippen molar-refractivity contribution in [3.05, 3.63) is 90.1 Å². The van der Waals surface area contributed by atoms with Gasteiger partial charge < -0.3 is 9.80 Å². The van der Waals surface area contributed by atoms with Crippen molar-refractivity contribution in [2.24, 2.45) is 0 Å². The van der Waals surface area contributed by atoms with Crippen LogP contribution in [0.5, 0.6) is 0 Å². The van der Waals surface area contributed by atoms with Gasteiger partial charge in [0.05, 0.1) is 5.69 Å². The number of nitrogens with zero attached hydrogens (tertiary/aromatic N) is 3. The Kier molecular flexibility index (Phi) is 8.04. The van der Waals surface area contributed by atoms with Gasteiger partial charge in [-0.1, -0.05) is 60.7 Å². The van der Waals surface area contributed by atoms with Gasteiger partial charge >= 0.3 is 0 Å². The van der Waals surface area contributed by atoms with E-state index in [9.17, 15) is 0 Å². The minimum atomic E-state index is 0.971. The van der Waals surface area contributed by atoms with Gasteiger partial charge in [0.2, 0.25) is 0 Å². The van der Waals surface area contributed by atoms with Gasteiger partial charge in [0.25, 0.3) is 0 Å². The lowest BCUT2D eigenvalue weighted by atomic mass is 9.98. The highest BCUT2D eigenvalue weighted by molar-refractivity contribution is 5.89. The summed E-state index contributed by atoms with van der Waals surface area (Å²) < 4.78 is 0. The van der Waals surface area contributed by atoms with Crippen molar-refractivity contribution in [3.8, 4) is 22.4 Å². The maximum atomic E-state index is 4.75. The highest BCUT2D eigenvalue weighted by Gasteiger charge is 2.16. The third-order valence-corrected chi connectivity index (χ3v) is 6.59. The van der Waals surface area contributed by atoms with Gasteiger partial charge in [-0.3, -0.25) is 5.10 Å². The maximum Gasteiger partial charge on any atom is 0.101 e. The van der Waals surface area contributed by atoms with Gasteiger partial charge in [-0.05, 0) is 69.2 Å². The van der Waals surface area contributed by atoms with Crippen LogP contribution in [0.3, 0.4) is 0 Å². The average Bonchev–Trinajstić information content (AvgIpc) is 3.34. The van der Waals surface area contributed by atoms with E-state index in [4.69, 9.17) is 5.10 Å².